The Kier molecular flexibility index (Phi) is 0.884. The molecule has 8 heavy (non-hydrogen) atoms. The summed E-state index contributed by atoms with van der Waals surface area (Å²) in [6.45, 7) is 2.26. The van der Waals surface area contributed by atoms with Gasteiger partial charge in [-0.15, -0.1) is 0 Å². The fraction of sp³-hybridized carbons (Fsp3) is 0.857. The fourth-order valence-electron chi connectivity index (χ4n) is 1.52. The fourth-order valence-corrected chi connectivity index (χ4v) is 1.52. The summed E-state index contributed by atoms with van der Waals surface area (Å²) in [6.07, 6.45) is 6.00. The molecule has 0 bridgehead atoms. The number of hydrogen-bond donors (Lipinski definition) is 0. The standard InChI is InChI=1S/C7H11O/c1-5-3-2-4-6-7(5)8-6/h5-6H,2-4H2,1H3. The highest BCUT2D eigenvalue weighted by Gasteiger charge is 2.46. The van der Waals surface area contributed by atoms with Crippen LogP contribution in [0.25, 0.3) is 0 Å². The summed E-state index contributed by atoms with van der Waals surface area (Å²) in [4.78, 5) is 0. The third-order valence-corrected chi connectivity index (χ3v) is 2.13. The van der Waals surface area contributed by atoms with Gasteiger partial charge >= 0.3 is 0 Å². The van der Waals surface area contributed by atoms with Crippen LogP contribution in [-0.4, -0.2) is 6.10 Å². The molecular formula is C7H11O. The van der Waals surface area contributed by atoms with Crippen molar-refractivity contribution >= 4 is 0 Å². The molecule has 1 heterocycles. The SMILES string of the molecule is CC1CCCC2O[C]12. The van der Waals surface area contributed by atoms with E-state index in [4.69, 9.17) is 4.74 Å². The molecule has 1 heteroatoms. The summed E-state index contributed by atoms with van der Waals surface area (Å²) in [5.41, 5.74) is 0. The summed E-state index contributed by atoms with van der Waals surface area (Å²) in [7, 11) is 0. The van der Waals surface area contributed by atoms with E-state index in [2.05, 4.69) is 6.92 Å². The van der Waals surface area contributed by atoms with Crippen LogP contribution >= 0.6 is 0 Å². The molecule has 2 fully saturated rings. The van der Waals surface area contributed by atoms with Crippen molar-refractivity contribution < 1.29 is 4.74 Å². The molecule has 1 radical (unpaired) electrons. The highest BCUT2D eigenvalue weighted by atomic mass is 16.6. The number of epoxide rings is 1. The number of rotatable bonds is 0. The number of ether oxygens (including phenoxy) is 1. The van der Waals surface area contributed by atoms with Gasteiger partial charge in [0.15, 0.2) is 0 Å². The molecule has 2 unspecified atom stereocenters. The van der Waals surface area contributed by atoms with Gasteiger partial charge in [0.2, 0.25) is 0 Å². The monoisotopic (exact) mass is 111 g/mol. The van der Waals surface area contributed by atoms with Crippen molar-refractivity contribution in [1.82, 2.24) is 0 Å². The lowest BCUT2D eigenvalue weighted by molar-refractivity contribution is 0.394. The highest BCUT2D eigenvalue weighted by molar-refractivity contribution is 5.09. The Balaban J connectivity index is 1.99. The van der Waals surface area contributed by atoms with Crippen LogP contribution in [-0.2, 0) is 4.74 Å². The van der Waals surface area contributed by atoms with Crippen molar-refractivity contribution in [3.63, 3.8) is 0 Å². The quantitative estimate of drug-likeness (QED) is 0.434. The molecule has 2 rings (SSSR count). The zero-order chi connectivity index (χ0) is 5.56. The minimum Gasteiger partial charge on any atom is -0.362 e. The first kappa shape index (κ1) is 4.80. The van der Waals surface area contributed by atoms with E-state index in [1.54, 1.807) is 0 Å². The summed E-state index contributed by atoms with van der Waals surface area (Å²) in [6, 6.07) is 0. The normalized spacial score (nSPS) is 46.1. The van der Waals surface area contributed by atoms with Gasteiger partial charge in [0.25, 0.3) is 0 Å². The second-order valence-corrected chi connectivity index (χ2v) is 2.84. The summed E-state index contributed by atoms with van der Waals surface area (Å²) < 4.78 is 5.31. The Hall–Kier alpha value is -0.0400. The maximum Gasteiger partial charge on any atom is 0.129 e. The second kappa shape index (κ2) is 1.47. The molecule has 1 nitrogen and oxygen atoms in total. The Morgan fingerprint density at radius 2 is 2.38 bits per heavy atom. The van der Waals surface area contributed by atoms with Crippen molar-refractivity contribution in [2.45, 2.75) is 32.3 Å². The smallest absolute Gasteiger partial charge is 0.129 e. The predicted molar refractivity (Wildman–Crippen MR) is 31.1 cm³/mol. The van der Waals surface area contributed by atoms with Crippen LogP contribution in [0.1, 0.15) is 26.2 Å². The van der Waals surface area contributed by atoms with Crippen LogP contribution in [0.5, 0.6) is 0 Å². The molecule has 1 aliphatic carbocycles. The summed E-state index contributed by atoms with van der Waals surface area (Å²) in [5.74, 6) is 0.772. The molecule has 0 amide bonds. The van der Waals surface area contributed by atoms with Crippen molar-refractivity contribution in [1.29, 1.82) is 0 Å². The van der Waals surface area contributed by atoms with E-state index in [1.807, 2.05) is 0 Å². The molecule has 1 saturated carbocycles. The molecule has 45 valence electrons. The van der Waals surface area contributed by atoms with Crippen LogP contribution in [0.3, 0.4) is 0 Å². The summed E-state index contributed by atoms with van der Waals surface area (Å²) in [5, 5.41) is 0. The van der Waals surface area contributed by atoms with Crippen molar-refractivity contribution in [3.05, 3.63) is 6.10 Å². The molecule has 0 aromatic heterocycles. The average molecular weight is 111 g/mol. The molecule has 0 spiro atoms. The van der Waals surface area contributed by atoms with E-state index in [1.165, 1.54) is 25.4 Å². The molecule has 1 aliphatic heterocycles. The maximum atomic E-state index is 5.31. The van der Waals surface area contributed by atoms with Gasteiger partial charge in [-0.3, -0.25) is 0 Å². The highest BCUT2D eigenvalue weighted by Crippen LogP contribution is 2.46. The lowest BCUT2D eigenvalue weighted by atomic mass is 9.91. The first-order valence-corrected chi connectivity index (χ1v) is 3.41. The van der Waals surface area contributed by atoms with Gasteiger partial charge in [-0.1, -0.05) is 13.3 Å². The van der Waals surface area contributed by atoms with E-state index in [-0.39, 0.29) is 0 Å². The van der Waals surface area contributed by atoms with E-state index in [0.717, 1.165) is 5.92 Å². The minimum absolute atomic E-state index is 0.596. The van der Waals surface area contributed by atoms with Gasteiger partial charge in [-0.2, -0.15) is 0 Å². The van der Waals surface area contributed by atoms with Crippen LogP contribution in [0.15, 0.2) is 0 Å². The molecule has 2 atom stereocenters. The first-order valence-electron chi connectivity index (χ1n) is 3.41. The Bertz CT molecular complexity index is 101. The van der Waals surface area contributed by atoms with E-state index in [9.17, 15) is 0 Å². The Morgan fingerprint density at radius 1 is 1.50 bits per heavy atom. The van der Waals surface area contributed by atoms with Crippen LogP contribution in [0.4, 0.5) is 0 Å². The third-order valence-electron chi connectivity index (χ3n) is 2.13. The van der Waals surface area contributed by atoms with Crippen LogP contribution < -0.4 is 0 Å². The van der Waals surface area contributed by atoms with Crippen molar-refractivity contribution in [3.8, 4) is 0 Å². The second-order valence-electron chi connectivity index (χ2n) is 2.84. The lowest BCUT2D eigenvalue weighted by Crippen LogP contribution is -2.05. The van der Waals surface area contributed by atoms with Crippen molar-refractivity contribution in [2.75, 3.05) is 0 Å². The molecule has 0 aromatic carbocycles. The molecule has 0 aromatic rings. The van der Waals surface area contributed by atoms with Crippen LogP contribution in [0, 0.1) is 12.0 Å². The van der Waals surface area contributed by atoms with Crippen molar-refractivity contribution in [2.24, 2.45) is 5.92 Å². The third kappa shape index (κ3) is 0.576. The minimum atomic E-state index is 0.596. The van der Waals surface area contributed by atoms with Gasteiger partial charge in [0.05, 0.1) is 6.10 Å². The number of hydrogen-bond acceptors (Lipinski definition) is 1. The van der Waals surface area contributed by atoms with E-state index < -0.39 is 0 Å². The molecule has 0 N–H and O–H groups in total. The van der Waals surface area contributed by atoms with Gasteiger partial charge in [0, 0.05) is 0 Å². The van der Waals surface area contributed by atoms with E-state index >= 15 is 0 Å². The Morgan fingerprint density at radius 3 is 3.00 bits per heavy atom. The zero-order valence-electron chi connectivity index (χ0n) is 5.18. The predicted octanol–water partition coefficient (Wildman–Crippen LogP) is 1.74. The molecule has 2 aliphatic rings. The van der Waals surface area contributed by atoms with E-state index in [0.29, 0.717) is 6.10 Å². The maximum absolute atomic E-state index is 5.31. The molecule has 1 saturated heterocycles. The topological polar surface area (TPSA) is 12.5 Å². The molecular weight excluding hydrogens is 100 g/mol. The Labute approximate surface area is 50.0 Å². The van der Waals surface area contributed by atoms with Crippen LogP contribution in [0.2, 0.25) is 0 Å². The lowest BCUT2D eigenvalue weighted by Gasteiger charge is -2.10. The number of fused-ring (bicyclic) bond motifs is 1. The summed E-state index contributed by atoms with van der Waals surface area (Å²) >= 11 is 0. The van der Waals surface area contributed by atoms with Gasteiger partial charge in [0.1, 0.15) is 6.10 Å². The average Bonchev–Trinajstić information content (AvgIpc) is 2.45. The zero-order valence-corrected chi connectivity index (χ0v) is 5.18. The first-order chi connectivity index (χ1) is 3.88. The van der Waals surface area contributed by atoms with Gasteiger partial charge in [-0.25, -0.2) is 0 Å². The van der Waals surface area contributed by atoms with Gasteiger partial charge in [-0.05, 0) is 18.8 Å². The largest absolute Gasteiger partial charge is 0.362 e. The van der Waals surface area contributed by atoms with Gasteiger partial charge < -0.3 is 4.74 Å².